The van der Waals surface area contributed by atoms with Crippen LogP contribution in [0.15, 0.2) is 17.5 Å². The van der Waals surface area contributed by atoms with E-state index in [-0.39, 0.29) is 5.91 Å². The standard InChI is InChI=1S/C22H31N5OS/c1-27(2)20-17-6-3-4-7-18(17)25-22(26-20)24-16-11-9-15(10-12-16)14-23-21(28)19-8-5-13-29-19/h5,8,13,15-16H,3-4,6-7,9-12,14H2,1-2H3,(H,23,28)(H,24,25,26). The molecule has 0 unspecified atom stereocenters. The molecular formula is C22H31N5OS. The zero-order valence-corrected chi connectivity index (χ0v) is 18.2. The predicted octanol–water partition coefficient (Wildman–Crippen LogP) is 3.88. The van der Waals surface area contributed by atoms with Crippen molar-refractivity contribution in [2.45, 2.75) is 57.4 Å². The number of aryl methyl sites for hydroxylation is 1. The highest BCUT2D eigenvalue weighted by atomic mass is 32.1. The van der Waals surface area contributed by atoms with Crippen LogP contribution in [0.25, 0.3) is 0 Å². The molecule has 0 aliphatic heterocycles. The van der Waals surface area contributed by atoms with Gasteiger partial charge in [0.15, 0.2) is 0 Å². The van der Waals surface area contributed by atoms with Crippen LogP contribution in [0.4, 0.5) is 11.8 Å². The number of carbonyl (C=O) groups is 1. The quantitative estimate of drug-likeness (QED) is 0.752. The van der Waals surface area contributed by atoms with Gasteiger partial charge in [0.25, 0.3) is 5.91 Å². The molecule has 0 radical (unpaired) electrons. The Morgan fingerprint density at radius 2 is 1.97 bits per heavy atom. The average molecular weight is 414 g/mol. The van der Waals surface area contributed by atoms with Crippen molar-refractivity contribution in [2.75, 3.05) is 30.9 Å². The molecule has 0 bridgehead atoms. The number of nitrogens with one attached hydrogen (secondary N) is 2. The maximum absolute atomic E-state index is 12.1. The number of hydrogen-bond acceptors (Lipinski definition) is 6. The van der Waals surface area contributed by atoms with E-state index in [0.29, 0.717) is 12.0 Å². The fourth-order valence-corrected chi connectivity index (χ4v) is 5.07. The van der Waals surface area contributed by atoms with Gasteiger partial charge in [-0.2, -0.15) is 4.98 Å². The number of nitrogens with zero attached hydrogens (tertiary/aromatic N) is 3. The van der Waals surface area contributed by atoms with E-state index < -0.39 is 0 Å². The first-order chi connectivity index (χ1) is 14.1. The lowest BCUT2D eigenvalue weighted by molar-refractivity contribution is 0.0947. The van der Waals surface area contributed by atoms with Crippen LogP contribution in [0.1, 0.15) is 59.5 Å². The van der Waals surface area contributed by atoms with E-state index in [9.17, 15) is 4.79 Å². The molecule has 2 aliphatic rings. The van der Waals surface area contributed by atoms with Crippen LogP contribution in [-0.2, 0) is 12.8 Å². The summed E-state index contributed by atoms with van der Waals surface area (Å²) in [5, 5.41) is 8.63. The van der Waals surface area contributed by atoms with E-state index in [2.05, 4.69) is 29.6 Å². The SMILES string of the molecule is CN(C)c1nc(NC2CCC(CNC(=O)c3cccs3)CC2)nc2c1CCCC2. The van der Waals surface area contributed by atoms with E-state index in [1.165, 1.54) is 35.4 Å². The molecule has 2 aromatic heterocycles. The molecule has 2 heterocycles. The highest BCUT2D eigenvalue weighted by molar-refractivity contribution is 7.12. The zero-order valence-electron chi connectivity index (χ0n) is 17.4. The smallest absolute Gasteiger partial charge is 0.261 e. The summed E-state index contributed by atoms with van der Waals surface area (Å²) in [6.45, 7) is 0.767. The van der Waals surface area contributed by atoms with Gasteiger partial charge in [0.05, 0.1) is 10.6 Å². The Bertz CT molecular complexity index is 828. The lowest BCUT2D eigenvalue weighted by Crippen LogP contribution is -2.34. The van der Waals surface area contributed by atoms with Gasteiger partial charge in [-0.05, 0) is 68.7 Å². The van der Waals surface area contributed by atoms with Crippen LogP contribution in [0.5, 0.6) is 0 Å². The molecule has 1 amide bonds. The Morgan fingerprint density at radius 1 is 1.17 bits per heavy atom. The summed E-state index contributed by atoms with van der Waals surface area (Å²) in [5.74, 6) is 2.46. The first-order valence-corrected chi connectivity index (χ1v) is 11.6. The largest absolute Gasteiger partial charge is 0.362 e. The maximum atomic E-state index is 12.1. The summed E-state index contributed by atoms with van der Waals surface area (Å²) in [6, 6.07) is 4.21. The van der Waals surface area contributed by atoms with Crippen molar-refractivity contribution in [2.24, 2.45) is 5.92 Å². The number of fused-ring (bicyclic) bond motifs is 1. The van der Waals surface area contributed by atoms with Gasteiger partial charge in [0, 0.05) is 32.2 Å². The lowest BCUT2D eigenvalue weighted by Gasteiger charge is -2.30. The highest BCUT2D eigenvalue weighted by Gasteiger charge is 2.24. The van der Waals surface area contributed by atoms with Gasteiger partial charge in [-0.25, -0.2) is 4.98 Å². The third-order valence-corrected chi connectivity index (χ3v) is 6.93. The molecule has 0 saturated heterocycles. The topological polar surface area (TPSA) is 70.2 Å². The van der Waals surface area contributed by atoms with Crippen molar-refractivity contribution in [1.29, 1.82) is 0 Å². The van der Waals surface area contributed by atoms with Gasteiger partial charge in [0.1, 0.15) is 5.82 Å². The number of amides is 1. The minimum Gasteiger partial charge on any atom is -0.362 e. The number of carbonyl (C=O) groups excluding carboxylic acids is 1. The van der Waals surface area contributed by atoms with Crippen LogP contribution in [0.3, 0.4) is 0 Å². The van der Waals surface area contributed by atoms with E-state index >= 15 is 0 Å². The van der Waals surface area contributed by atoms with Gasteiger partial charge < -0.3 is 15.5 Å². The van der Waals surface area contributed by atoms with Crippen LogP contribution in [0, 0.1) is 5.92 Å². The molecule has 4 rings (SSSR count). The van der Waals surface area contributed by atoms with Crippen molar-refractivity contribution in [3.05, 3.63) is 33.6 Å². The Hall–Kier alpha value is -2.15. The Morgan fingerprint density at radius 3 is 2.69 bits per heavy atom. The second-order valence-electron chi connectivity index (χ2n) is 8.45. The number of aromatic nitrogens is 2. The van der Waals surface area contributed by atoms with Gasteiger partial charge >= 0.3 is 0 Å². The zero-order chi connectivity index (χ0) is 20.2. The van der Waals surface area contributed by atoms with Crippen molar-refractivity contribution in [1.82, 2.24) is 15.3 Å². The fraction of sp³-hybridized carbons (Fsp3) is 0.591. The van der Waals surface area contributed by atoms with E-state index in [1.54, 1.807) is 0 Å². The normalized spacial score (nSPS) is 21.3. The number of hydrogen-bond donors (Lipinski definition) is 2. The van der Waals surface area contributed by atoms with Gasteiger partial charge in [0.2, 0.25) is 5.95 Å². The minimum atomic E-state index is 0.0546. The maximum Gasteiger partial charge on any atom is 0.261 e. The molecule has 0 spiro atoms. The third kappa shape index (κ3) is 4.89. The summed E-state index contributed by atoms with van der Waals surface area (Å²) in [6.07, 6.45) is 9.03. The fourth-order valence-electron chi connectivity index (χ4n) is 4.43. The summed E-state index contributed by atoms with van der Waals surface area (Å²) in [4.78, 5) is 24.7. The first-order valence-electron chi connectivity index (χ1n) is 10.8. The summed E-state index contributed by atoms with van der Waals surface area (Å²) in [7, 11) is 4.13. The van der Waals surface area contributed by atoms with Gasteiger partial charge in [-0.15, -0.1) is 11.3 Å². The first kappa shape index (κ1) is 20.1. The number of rotatable bonds is 6. The highest BCUT2D eigenvalue weighted by Crippen LogP contribution is 2.30. The molecule has 0 atom stereocenters. The summed E-state index contributed by atoms with van der Waals surface area (Å²) >= 11 is 1.49. The molecule has 6 nitrogen and oxygen atoms in total. The van der Waals surface area contributed by atoms with Gasteiger partial charge in [-0.3, -0.25) is 4.79 Å². The average Bonchev–Trinajstić information content (AvgIpc) is 3.27. The molecular weight excluding hydrogens is 382 g/mol. The Balaban J connectivity index is 1.30. The van der Waals surface area contributed by atoms with Crippen molar-refractivity contribution < 1.29 is 4.79 Å². The number of thiophene rings is 1. The van der Waals surface area contributed by atoms with E-state index in [4.69, 9.17) is 9.97 Å². The van der Waals surface area contributed by atoms with E-state index in [1.807, 2.05) is 17.5 Å². The molecule has 2 N–H and O–H groups in total. The molecule has 1 fully saturated rings. The molecule has 7 heteroatoms. The second kappa shape index (κ2) is 9.11. The van der Waals surface area contributed by atoms with Crippen molar-refractivity contribution in [3.8, 4) is 0 Å². The predicted molar refractivity (Wildman–Crippen MR) is 119 cm³/mol. The van der Waals surface area contributed by atoms with Crippen LogP contribution in [-0.4, -0.2) is 42.6 Å². The Kier molecular flexibility index (Phi) is 6.33. The monoisotopic (exact) mass is 413 g/mol. The minimum absolute atomic E-state index is 0.0546. The van der Waals surface area contributed by atoms with Crippen molar-refractivity contribution >= 4 is 29.0 Å². The Labute approximate surface area is 177 Å². The second-order valence-corrected chi connectivity index (χ2v) is 9.39. The van der Waals surface area contributed by atoms with Crippen LogP contribution in [0.2, 0.25) is 0 Å². The van der Waals surface area contributed by atoms with Crippen LogP contribution < -0.4 is 15.5 Å². The molecule has 29 heavy (non-hydrogen) atoms. The summed E-state index contributed by atoms with van der Waals surface area (Å²) < 4.78 is 0. The number of anilines is 2. The van der Waals surface area contributed by atoms with Crippen LogP contribution >= 0.6 is 11.3 Å². The lowest BCUT2D eigenvalue weighted by atomic mass is 9.86. The molecule has 2 aromatic rings. The molecule has 156 valence electrons. The molecule has 2 aliphatic carbocycles. The third-order valence-electron chi connectivity index (χ3n) is 6.06. The van der Waals surface area contributed by atoms with Gasteiger partial charge in [-0.1, -0.05) is 6.07 Å². The van der Waals surface area contributed by atoms with Crippen molar-refractivity contribution in [3.63, 3.8) is 0 Å². The summed E-state index contributed by atoms with van der Waals surface area (Å²) in [5.41, 5.74) is 2.56. The molecule has 0 aromatic carbocycles. The van der Waals surface area contributed by atoms with E-state index in [0.717, 1.165) is 61.7 Å². The molecule has 1 saturated carbocycles.